The molecule has 0 aliphatic rings. The molecule has 0 aliphatic heterocycles. The summed E-state index contributed by atoms with van der Waals surface area (Å²) < 4.78 is 39.4. The zero-order valence-corrected chi connectivity index (χ0v) is 16.2. The van der Waals surface area contributed by atoms with Gasteiger partial charge < -0.3 is 0 Å². The van der Waals surface area contributed by atoms with Crippen LogP contribution in [0.3, 0.4) is 0 Å². The molecule has 5 nitrogen and oxygen atoms in total. The van der Waals surface area contributed by atoms with Gasteiger partial charge in [0.1, 0.15) is 11.5 Å². The Morgan fingerprint density at radius 1 is 0.862 bits per heavy atom. The zero-order valence-electron chi connectivity index (χ0n) is 15.4. The van der Waals surface area contributed by atoms with Gasteiger partial charge >= 0.3 is 0 Å². The third-order valence-corrected chi connectivity index (χ3v) is 5.52. The van der Waals surface area contributed by atoms with Gasteiger partial charge in [0.05, 0.1) is 11.4 Å². The number of benzene rings is 3. The molecular formula is C22H18FN3O2S. The van der Waals surface area contributed by atoms with Crippen LogP contribution >= 0.6 is 0 Å². The number of hydrogen-bond acceptors (Lipinski definition) is 3. The highest BCUT2D eigenvalue weighted by Crippen LogP contribution is 2.34. The minimum Gasteiger partial charge on any atom is -0.267 e. The molecule has 0 saturated heterocycles. The second-order valence-electron chi connectivity index (χ2n) is 6.62. The molecule has 7 heteroatoms. The van der Waals surface area contributed by atoms with Crippen molar-refractivity contribution in [3.8, 4) is 22.4 Å². The van der Waals surface area contributed by atoms with Gasteiger partial charge in [-0.05, 0) is 29.3 Å². The van der Waals surface area contributed by atoms with Gasteiger partial charge in [0, 0.05) is 17.3 Å². The Labute approximate surface area is 168 Å². The number of nitrogens with two attached hydrogens (primary N) is 1. The minimum absolute atomic E-state index is 0.00618. The van der Waals surface area contributed by atoms with Crippen molar-refractivity contribution in [1.29, 1.82) is 0 Å². The molecule has 0 aliphatic carbocycles. The van der Waals surface area contributed by atoms with Gasteiger partial charge in [-0.15, -0.1) is 0 Å². The van der Waals surface area contributed by atoms with Crippen LogP contribution in [0.5, 0.6) is 0 Å². The lowest BCUT2D eigenvalue weighted by molar-refractivity contribution is 0.598. The average Bonchev–Trinajstić information content (AvgIpc) is 3.12. The fourth-order valence-corrected chi connectivity index (χ4v) is 3.96. The molecule has 0 amide bonds. The fraction of sp³-hybridized carbons (Fsp3) is 0.0455. The first-order chi connectivity index (χ1) is 13.9. The van der Waals surface area contributed by atoms with Gasteiger partial charge in [0.2, 0.25) is 10.0 Å². The monoisotopic (exact) mass is 407 g/mol. The van der Waals surface area contributed by atoms with E-state index >= 15 is 0 Å². The van der Waals surface area contributed by atoms with Crippen molar-refractivity contribution in [2.24, 2.45) is 5.14 Å². The molecule has 29 heavy (non-hydrogen) atoms. The van der Waals surface area contributed by atoms with E-state index in [0.717, 1.165) is 11.1 Å². The van der Waals surface area contributed by atoms with E-state index in [-0.39, 0.29) is 10.7 Å². The maximum atomic E-state index is 13.4. The Bertz CT molecular complexity index is 1250. The van der Waals surface area contributed by atoms with Crippen LogP contribution in [0, 0.1) is 5.82 Å². The lowest BCUT2D eigenvalue weighted by atomic mass is 10.0. The molecule has 2 N–H and O–H groups in total. The molecule has 146 valence electrons. The standard InChI is InChI=1S/C22H18FN3O2S/c23-18-12-10-17(11-13-18)20-15-26(14-16-6-2-1-3-7-16)25-22(20)19-8-4-5-9-21(19)29(24,27)28/h1-13,15H,14H2,(H2,24,27,28). The predicted octanol–water partition coefficient (Wildman–Crippen LogP) is 4.05. The summed E-state index contributed by atoms with van der Waals surface area (Å²) in [6, 6.07) is 22.3. The summed E-state index contributed by atoms with van der Waals surface area (Å²) in [5, 5.41) is 10.1. The molecule has 0 radical (unpaired) electrons. The smallest absolute Gasteiger partial charge is 0.238 e. The van der Waals surface area contributed by atoms with Crippen molar-refractivity contribution in [3.05, 3.63) is 96.4 Å². The van der Waals surface area contributed by atoms with E-state index in [1.165, 1.54) is 18.2 Å². The van der Waals surface area contributed by atoms with Crippen molar-refractivity contribution in [2.75, 3.05) is 0 Å². The number of halogens is 1. The van der Waals surface area contributed by atoms with Crippen LogP contribution in [0.15, 0.2) is 90.0 Å². The minimum atomic E-state index is -3.95. The normalized spacial score (nSPS) is 11.5. The van der Waals surface area contributed by atoms with Gasteiger partial charge in [0.15, 0.2) is 0 Å². The number of primary sulfonamides is 1. The van der Waals surface area contributed by atoms with Gasteiger partial charge in [0.25, 0.3) is 0 Å². The van der Waals surface area contributed by atoms with Crippen LogP contribution in [0.4, 0.5) is 4.39 Å². The molecule has 4 rings (SSSR count). The summed E-state index contributed by atoms with van der Waals surface area (Å²) in [5.74, 6) is -0.350. The zero-order chi connectivity index (χ0) is 20.4. The Morgan fingerprint density at radius 2 is 1.52 bits per heavy atom. The molecule has 0 unspecified atom stereocenters. The number of rotatable bonds is 5. The van der Waals surface area contributed by atoms with Gasteiger partial charge in [-0.25, -0.2) is 17.9 Å². The van der Waals surface area contributed by atoms with Crippen LogP contribution in [-0.2, 0) is 16.6 Å². The Balaban J connectivity index is 1.89. The number of sulfonamides is 1. The van der Waals surface area contributed by atoms with Crippen molar-refractivity contribution < 1.29 is 12.8 Å². The van der Waals surface area contributed by atoms with Gasteiger partial charge in [-0.2, -0.15) is 5.10 Å². The molecule has 0 bridgehead atoms. The molecule has 1 heterocycles. The molecule has 0 atom stereocenters. The topological polar surface area (TPSA) is 78.0 Å². The second kappa shape index (κ2) is 7.62. The first kappa shape index (κ1) is 19.0. The lowest BCUT2D eigenvalue weighted by Gasteiger charge is -2.08. The third kappa shape index (κ3) is 4.11. The summed E-state index contributed by atoms with van der Waals surface area (Å²) in [5.41, 5.74) is 3.34. The maximum absolute atomic E-state index is 13.4. The largest absolute Gasteiger partial charge is 0.267 e. The third-order valence-electron chi connectivity index (χ3n) is 4.55. The van der Waals surface area contributed by atoms with Crippen LogP contribution in [0.2, 0.25) is 0 Å². The van der Waals surface area contributed by atoms with Crippen molar-refractivity contribution in [1.82, 2.24) is 9.78 Å². The van der Waals surface area contributed by atoms with Crippen molar-refractivity contribution >= 4 is 10.0 Å². The van der Waals surface area contributed by atoms with Crippen LogP contribution in [-0.4, -0.2) is 18.2 Å². The van der Waals surface area contributed by atoms with E-state index in [1.807, 2.05) is 36.5 Å². The van der Waals surface area contributed by atoms with E-state index in [9.17, 15) is 12.8 Å². The lowest BCUT2D eigenvalue weighted by Crippen LogP contribution is -2.13. The predicted molar refractivity (Wildman–Crippen MR) is 110 cm³/mol. The number of nitrogens with zero attached hydrogens (tertiary/aromatic N) is 2. The summed E-state index contributed by atoms with van der Waals surface area (Å²) in [7, 11) is -3.95. The number of hydrogen-bond donors (Lipinski definition) is 1. The highest BCUT2D eigenvalue weighted by atomic mass is 32.2. The first-order valence-corrected chi connectivity index (χ1v) is 10.5. The van der Waals surface area contributed by atoms with E-state index < -0.39 is 10.0 Å². The van der Waals surface area contributed by atoms with Crippen molar-refractivity contribution in [2.45, 2.75) is 11.4 Å². The summed E-state index contributed by atoms with van der Waals surface area (Å²) in [6.45, 7) is 0.507. The maximum Gasteiger partial charge on any atom is 0.238 e. The Hall–Kier alpha value is -3.29. The second-order valence-corrected chi connectivity index (χ2v) is 8.15. The first-order valence-electron chi connectivity index (χ1n) is 8.91. The molecule has 1 aromatic heterocycles. The average molecular weight is 407 g/mol. The highest BCUT2D eigenvalue weighted by molar-refractivity contribution is 7.89. The summed E-state index contributed by atoms with van der Waals surface area (Å²) in [6.07, 6.45) is 1.83. The molecule has 4 aromatic rings. The van der Waals surface area contributed by atoms with Crippen LogP contribution < -0.4 is 5.14 Å². The Morgan fingerprint density at radius 3 is 2.21 bits per heavy atom. The summed E-state index contributed by atoms with van der Waals surface area (Å²) >= 11 is 0. The molecule has 0 saturated carbocycles. The molecule has 0 fully saturated rings. The van der Waals surface area contributed by atoms with E-state index in [0.29, 0.717) is 23.4 Å². The van der Waals surface area contributed by atoms with Gasteiger partial charge in [-0.3, -0.25) is 4.68 Å². The van der Waals surface area contributed by atoms with Crippen LogP contribution in [0.25, 0.3) is 22.4 Å². The Kier molecular flexibility index (Phi) is 5.00. The van der Waals surface area contributed by atoms with E-state index in [2.05, 4.69) is 5.10 Å². The number of aromatic nitrogens is 2. The fourth-order valence-electron chi connectivity index (χ4n) is 3.22. The van der Waals surface area contributed by atoms with E-state index in [1.54, 1.807) is 35.0 Å². The summed E-state index contributed by atoms with van der Waals surface area (Å²) in [4.78, 5) is -0.00618. The molecule has 0 spiro atoms. The SMILES string of the molecule is NS(=O)(=O)c1ccccc1-c1nn(Cc2ccccc2)cc1-c1ccc(F)cc1. The van der Waals surface area contributed by atoms with Gasteiger partial charge in [-0.1, -0.05) is 60.7 Å². The van der Waals surface area contributed by atoms with E-state index in [4.69, 9.17) is 5.14 Å². The van der Waals surface area contributed by atoms with Crippen molar-refractivity contribution in [3.63, 3.8) is 0 Å². The quantitative estimate of drug-likeness (QED) is 0.542. The highest BCUT2D eigenvalue weighted by Gasteiger charge is 2.21. The molecule has 3 aromatic carbocycles. The van der Waals surface area contributed by atoms with Crippen LogP contribution in [0.1, 0.15) is 5.56 Å². The molecular weight excluding hydrogens is 389 g/mol.